The van der Waals surface area contributed by atoms with Crippen molar-refractivity contribution in [1.29, 1.82) is 0 Å². The topological polar surface area (TPSA) is 91.8 Å². The average Bonchev–Trinajstić information content (AvgIpc) is 2.38. The first-order valence-electron chi connectivity index (χ1n) is 7.32. The van der Waals surface area contributed by atoms with Crippen molar-refractivity contribution >= 4 is 16.0 Å². The molecule has 0 aromatic carbocycles. The van der Waals surface area contributed by atoms with Gasteiger partial charge in [0.25, 0.3) is 0 Å². The molecule has 0 bridgehead atoms. The van der Waals surface area contributed by atoms with Crippen LogP contribution < -0.4 is 15.4 Å². The minimum atomic E-state index is -3.10. The van der Waals surface area contributed by atoms with E-state index in [9.17, 15) is 8.42 Å². The quantitative estimate of drug-likeness (QED) is 0.286. The Hall–Kier alpha value is -0.860. The maximum atomic E-state index is 10.9. The Morgan fingerprint density at radius 3 is 2.29 bits per heavy atom. The second kappa shape index (κ2) is 11.8. The number of nitrogens with zero attached hydrogens (tertiary/aromatic N) is 1. The first kappa shape index (κ1) is 20.1. The van der Waals surface area contributed by atoms with Crippen molar-refractivity contribution < 1.29 is 13.2 Å². The lowest BCUT2D eigenvalue weighted by molar-refractivity contribution is 0.108. The molecule has 0 aromatic heterocycles. The number of ether oxygens (including phenoxy) is 1. The fraction of sp³-hybridized carbons (Fsp3) is 0.923. The van der Waals surface area contributed by atoms with Crippen LogP contribution in [-0.2, 0) is 14.8 Å². The molecule has 0 atom stereocenters. The van der Waals surface area contributed by atoms with Gasteiger partial charge in [0, 0.05) is 39.9 Å². The van der Waals surface area contributed by atoms with Gasteiger partial charge in [0.2, 0.25) is 10.0 Å². The normalized spacial score (nSPS) is 12.7. The number of guanidine groups is 1. The largest absolute Gasteiger partial charge is 0.381 e. The molecule has 0 saturated carbocycles. The molecule has 3 N–H and O–H groups in total. The second-order valence-corrected chi connectivity index (χ2v) is 7.10. The first-order valence-corrected chi connectivity index (χ1v) is 9.21. The minimum absolute atomic E-state index is 0.422. The molecule has 8 heteroatoms. The van der Waals surface area contributed by atoms with E-state index in [4.69, 9.17) is 4.74 Å². The summed E-state index contributed by atoms with van der Waals surface area (Å²) in [5, 5.41) is 6.31. The molecule has 0 heterocycles. The van der Waals surface area contributed by atoms with Crippen LogP contribution in [0.25, 0.3) is 0 Å². The van der Waals surface area contributed by atoms with Crippen LogP contribution in [0.1, 0.15) is 26.7 Å². The minimum Gasteiger partial charge on any atom is -0.381 e. The molecule has 0 rings (SSSR count). The van der Waals surface area contributed by atoms with Gasteiger partial charge < -0.3 is 15.4 Å². The van der Waals surface area contributed by atoms with Crippen LogP contribution in [-0.4, -0.2) is 60.5 Å². The lowest BCUT2D eigenvalue weighted by atomic mass is 10.2. The van der Waals surface area contributed by atoms with Crippen molar-refractivity contribution in [1.82, 2.24) is 15.4 Å². The summed E-state index contributed by atoms with van der Waals surface area (Å²) in [4.78, 5) is 4.10. The highest BCUT2D eigenvalue weighted by atomic mass is 32.2. The number of aliphatic imine (C=N–C) groups is 1. The van der Waals surface area contributed by atoms with Crippen molar-refractivity contribution in [2.24, 2.45) is 10.9 Å². The van der Waals surface area contributed by atoms with Crippen LogP contribution in [0.3, 0.4) is 0 Å². The van der Waals surface area contributed by atoms with E-state index >= 15 is 0 Å². The molecule has 0 aliphatic carbocycles. The zero-order valence-electron chi connectivity index (χ0n) is 13.6. The average molecular weight is 322 g/mol. The number of hydrogen-bond acceptors (Lipinski definition) is 4. The summed E-state index contributed by atoms with van der Waals surface area (Å²) in [6, 6.07) is 0. The Bertz CT molecular complexity index is 383. The summed E-state index contributed by atoms with van der Waals surface area (Å²) >= 11 is 0. The van der Waals surface area contributed by atoms with Gasteiger partial charge in [-0.1, -0.05) is 13.8 Å². The van der Waals surface area contributed by atoms with Gasteiger partial charge in [-0.2, -0.15) is 0 Å². The van der Waals surface area contributed by atoms with Crippen molar-refractivity contribution in [3.8, 4) is 0 Å². The number of hydrogen-bond donors (Lipinski definition) is 3. The Kier molecular flexibility index (Phi) is 11.3. The summed E-state index contributed by atoms with van der Waals surface area (Å²) < 4.78 is 29.7. The summed E-state index contributed by atoms with van der Waals surface area (Å²) in [6.07, 6.45) is 2.77. The summed E-state index contributed by atoms with van der Waals surface area (Å²) in [5.74, 6) is 1.28. The van der Waals surface area contributed by atoms with Gasteiger partial charge in [-0.05, 0) is 18.8 Å². The number of rotatable bonds is 11. The van der Waals surface area contributed by atoms with E-state index in [0.29, 0.717) is 25.4 Å². The van der Waals surface area contributed by atoms with E-state index in [2.05, 4.69) is 34.2 Å². The van der Waals surface area contributed by atoms with Crippen molar-refractivity contribution in [3.63, 3.8) is 0 Å². The standard InChI is InChI=1S/C13H30N4O3S/c1-12(2)11-20-10-6-8-16-13(14-3)15-7-5-9-17-21(4,18)19/h12,17H,5-11H2,1-4H3,(H2,14,15,16). The number of sulfonamides is 1. The number of nitrogens with one attached hydrogen (secondary N) is 3. The third-order valence-electron chi connectivity index (χ3n) is 2.44. The lowest BCUT2D eigenvalue weighted by Gasteiger charge is -2.12. The molecule has 0 saturated heterocycles. The third-order valence-corrected chi connectivity index (χ3v) is 3.17. The molecular weight excluding hydrogens is 292 g/mol. The van der Waals surface area contributed by atoms with Gasteiger partial charge in [0.15, 0.2) is 5.96 Å². The Balaban J connectivity index is 3.55. The molecule has 0 aromatic rings. The van der Waals surface area contributed by atoms with E-state index in [0.717, 1.165) is 38.4 Å². The molecule has 0 unspecified atom stereocenters. The molecule has 126 valence electrons. The Morgan fingerprint density at radius 1 is 1.14 bits per heavy atom. The Morgan fingerprint density at radius 2 is 1.76 bits per heavy atom. The van der Waals surface area contributed by atoms with Crippen LogP contribution in [0.4, 0.5) is 0 Å². The Labute approximate surface area is 129 Å². The first-order chi connectivity index (χ1) is 9.85. The van der Waals surface area contributed by atoms with Crippen LogP contribution in [0.15, 0.2) is 4.99 Å². The van der Waals surface area contributed by atoms with Gasteiger partial charge in [-0.25, -0.2) is 13.1 Å². The van der Waals surface area contributed by atoms with Crippen LogP contribution >= 0.6 is 0 Å². The summed E-state index contributed by atoms with van der Waals surface area (Å²) in [7, 11) is -1.39. The zero-order chi connectivity index (χ0) is 16.1. The molecule has 0 aliphatic rings. The highest BCUT2D eigenvalue weighted by molar-refractivity contribution is 7.88. The van der Waals surface area contributed by atoms with E-state index in [1.54, 1.807) is 7.05 Å². The molecule has 21 heavy (non-hydrogen) atoms. The highest BCUT2D eigenvalue weighted by Crippen LogP contribution is 1.92. The fourth-order valence-corrected chi connectivity index (χ4v) is 1.99. The van der Waals surface area contributed by atoms with Crippen molar-refractivity contribution in [3.05, 3.63) is 0 Å². The third kappa shape index (κ3) is 15.3. The molecule has 0 amide bonds. The molecule has 0 spiro atoms. The van der Waals surface area contributed by atoms with Crippen molar-refractivity contribution in [2.75, 3.05) is 46.2 Å². The molecule has 7 nitrogen and oxygen atoms in total. The molecule has 0 aliphatic heterocycles. The van der Waals surface area contributed by atoms with Crippen LogP contribution in [0.2, 0.25) is 0 Å². The maximum absolute atomic E-state index is 10.9. The predicted molar refractivity (Wildman–Crippen MR) is 87.1 cm³/mol. The van der Waals surface area contributed by atoms with E-state index in [-0.39, 0.29) is 0 Å². The molecular formula is C13H30N4O3S. The van der Waals surface area contributed by atoms with Gasteiger partial charge in [0.1, 0.15) is 0 Å². The smallest absolute Gasteiger partial charge is 0.208 e. The van der Waals surface area contributed by atoms with Gasteiger partial charge >= 0.3 is 0 Å². The predicted octanol–water partition coefficient (Wildman–Crippen LogP) is 0.153. The lowest BCUT2D eigenvalue weighted by Crippen LogP contribution is -2.39. The van der Waals surface area contributed by atoms with Crippen LogP contribution in [0.5, 0.6) is 0 Å². The SMILES string of the molecule is CN=C(NCCCNS(C)(=O)=O)NCCCOCC(C)C. The maximum Gasteiger partial charge on any atom is 0.208 e. The van der Waals surface area contributed by atoms with Crippen molar-refractivity contribution in [2.45, 2.75) is 26.7 Å². The van der Waals surface area contributed by atoms with E-state index in [1.165, 1.54) is 0 Å². The highest BCUT2D eigenvalue weighted by Gasteiger charge is 2.00. The molecule has 0 radical (unpaired) electrons. The molecule has 0 fully saturated rings. The summed E-state index contributed by atoms with van der Waals surface area (Å²) in [6.45, 7) is 7.66. The van der Waals surface area contributed by atoms with Gasteiger partial charge in [0.05, 0.1) is 6.26 Å². The fourth-order valence-electron chi connectivity index (χ4n) is 1.47. The van der Waals surface area contributed by atoms with Gasteiger partial charge in [-0.15, -0.1) is 0 Å². The van der Waals surface area contributed by atoms with E-state index < -0.39 is 10.0 Å². The monoisotopic (exact) mass is 322 g/mol. The second-order valence-electron chi connectivity index (χ2n) is 5.27. The van der Waals surface area contributed by atoms with Gasteiger partial charge in [-0.3, -0.25) is 4.99 Å². The summed E-state index contributed by atoms with van der Waals surface area (Å²) in [5.41, 5.74) is 0. The van der Waals surface area contributed by atoms with Crippen LogP contribution in [0, 0.1) is 5.92 Å². The zero-order valence-corrected chi connectivity index (χ0v) is 14.4. The van der Waals surface area contributed by atoms with E-state index in [1.807, 2.05) is 0 Å².